The molecule has 0 amide bonds. The zero-order valence-electron chi connectivity index (χ0n) is 15.5. The smallest absolute Gasteiger partial charge is 0.126 e. The van der Waals surface area contributed by atoms with Crippen molar-refractivity contribution in [1.29, 1.82) is 0 Å². The number of rotatable bonds is 4. The number of benzene rings is 3. The van der Waals surface area contributed by atoms with Crippen molar-refractivity contribution in [3.05, 3.63) is 95.3 Å². The van der Waals surface area contributed by atoms with E-state index >= 15 is 0 Å². The van der Waals surface area contributed by atoms with Crippen molar-refractivity contribution in [2.75, 3.05) is 7.11 Å². The number of halogens is 1. The van der Waals surface area contributed by atoms with E-state index in [9.17, 15) is 9.50 Å². The normalized spacial score (nSPS) is 19.1. The number of aromatic hydroxyl groups is 1. The number of ether oxygens (including phenoxy) is 1. The van der Waals surface area contributed by atoms with Crippen LogP contribution in [0.4, 0.5) is 4.39 Å². The van der Waals surface area contributed by atoms with Crippen molar-refractivity contribution in [3.63, 3.8) is 0 Å². The third-order valence-electron chi connectivity index (χ3n) is 4.94. The van der Waals surface area contributed by atoms with E-state index in [0.29, 0.717) is 6.42 Å². The number of hydrogen-bond donors (Lipinski definition) is 2. The molecule has 0 saturated carbocycles. The summed E-state index contributed by atoms with van der Waals surface area (Å²) in [6.45, 7) is 0. The second-order valence-electron chi connectivity index (χ2n) is 6.74. The Morgan fingerprint density at radius 3 is 2.54 bits per heavy atom. The molecule has 0 aromatic heterocycles. The van der Waals surface area contributed by atoms with Gasteiger partial charge in [0.05, 0.1) is 7.11 Å². The predicted octanol–water partition coefficient (Wildman–Crippen LogP) is 4.76. The highest BCUT2D eigenvalue weighted by atomic mass is 19.1. The van der Waals surface area contributed by atoms with E-state index in [0.717, 1.165) is 28.2 Å². The first-order valence-corrected chi connectivity index (χ1v) is 9.14. The summed E-state index contributed by atoms with van der Waals surface area (Å²) < 4.78 is 19.0. The summed E-state index contributed by atoms with van der Waals surface area (Å²) in [5.41, 5.74) is 3.41. The molecular weight excluding hydrogens is 355 g/mol. The molecule has 3 aromatic carbocycles. The molecule has 28 heavy (non-hydrogen) atoms. The fraction of sp³-hybridized carbons (Fsp3) is 0.174. The molecular formula is C23H21FN2O2. The summed E-state index contributed by atoms with van der Waals surface area (Å²) in [4.78, 5) is 4.84. The molecule has 2 atom stereocenters. The number of methoxy groups -OCH3 is 1. The third kappa shape index (κ3) is 3.75. The van der Waals surface area contributed by atoms with Crippen LogP contribution in [-0.4, -0.2) is 17.9 Å². The van der Waals surface area contributed by atoms with Crippen LogP contribution >= 0.6 is 0 Å². The molecule has 1 heterocycles. The Labute approximate surface area is 163 Å². The zero-order chi connectivity index (χ0) is 19.5. The van der Waals surface area contributed by atoms with Gasteiger partial charge in [0.25, 0.3) is 0 Å². The van der Waals surface area contributed by atoms with Crippen LogP contribution in [0, 0.1) is 5.82 Å². The molecule has 0 radical (unpaired) electrons. The van der Waals surface area contributed by atoms with Crippen molar-refractivity contribution in [3.8, 4) is 11.5 Å². The lowest BCUT2D eigenvalue weighted by atomic mass is 9.93. The lowest BCUT2D eigenvalue weighted by molar-refractivity contribution is 0.411. The van der Waals surface area contributed by atoms with Crippen LogP contribution in [0.15, 0.2) is 77.8 Å². The van der Waals surface area contributed by atoms with Gasteiger partial charge in [-0.15, -0.1) is 0 Å². The first kappa shape index (κ1) is 18.2. The monoisotopic (exact) mass is 376 g/mol. The van der Waals surface area contributed by atoms with Crippen LogP contribution in [0.1, 0.15) is 35.3 Å². The summed E-state index contributed by atoms with van der Waals surface area (Å²) in [6.07, 6.45) is 0.196. The first-order chi connectivity index (χ1) is 13.6. The Morgan fingerprint density at radius 1 is 1.04 bits per heavy atom. The molecule has 3 aromatic rings. The topological polar surface area (TPSA) is 53.8 Å². The molecule has 0 saturated heterocycles. The number of nitrogens with zero attached hydrogens (tertiary/aromatic N) is 1. The van der Waals surface area contributed by atoms with Gasteiger partial charge in [-0.2, -0.15) is 0 Å². The summed E-state index contributed by atoms with van der Waals surface area (Å²) in [7, 11) is 1.63. The van der Waals surface area contributed by atoms with Crippen LogP contribution in [-0.2, 0) is 0 Å². The van der Waals surface area contributed by atoms with E-state index in [1.165, 1.54) is 12.1 Å². The maximum absolute atomic E-state index is 13.8. The number of hydrogen-bond acceptors (Lipinski definition) is 4. The van der Waals surface area contributed by atoms with Gasteiger partial charge in [0.15, 0.2) is 0 Å². The Kier molecular flexibility index (Phi) is 5.08. The number of phenols is 1. The minimum absolute atomic E-state index is 0.149. The second-order valence-corrected chi connectivity index (χ2v) is 6.74. The van der Waals surface area contributed by atoms with Gasteiger partial charge >= 0.3 is 0 Å². The van der Waals surface area contributed by atoms with Crippen molar-refractivity contribution < 1.29 is 14.2 Å². The number of para-hydroxylation sites is 1. The first-order valence-electron chi connectivity index (χ1n) is 9.14. The fourth-order valence-corrected chi connectivity index (χ4v) is 3.49. The molecule has 0 bridgehead atoms. The Bertz CT molecular complexity index is 1000. The molecule has 0 spiro atoms. The average molecular weight is 376 g/mol. The highest BCUT2D eigenvalue weighted by Crippen LogP contribution is 2.34. The van der Waals surface area contributed by atoms with E-state index < -0.39 is 6.17 Å². The molecule has 142 valence electrons. The van der Waals surface area contributed by atoms with Crippen LogP contribution in [0.5, 0.6) is 11.5 Å². The molecule has 5 heteroatoms. The molecule has 2 N–H and O–H groups in total. The van der Waals surface area contributed by atoms with Crippen LogP contribution in [0.3, 0.4) is 0 Å². The molecule has 0 aliphatic carbocycles. The van der Waals surface area contributed by atoms with Gasteiger partial charge in [0.1, 0.15) is 23.5 Å². The second kappa shape index (κ2) is 7.82. The lowest BCUT2D eigenvalue weighted by Crippen LogP contribution is -2.33. The lowest BCUT2D eigenvalue weighted by Gasteiger charge is -2.31. The van der Waals surface area contributed by atoms with Gasteiger partial charge in [-0.25, -0.2) is 4.39 Å². The minimum atomic E-state index is -0.411. The standard InChI is InChI=1S/C23H21FN2O2/c1-28-18-11-9-15(10-12-18)20-14-21(19-7-2-3-8-22(19)27)26-23(25-20)16-5-4-6-17(24)13-16/h2-13,21,23,26-27H,14H2,1H3/t21-,23+/m1/s1. The predicted molar refractivity (Wildman–Crippen MR) is 107 cm³/mol. The van der Waals surface area contributed by atoms with E-state index in [4.69, 9.17) is 9.73 Å². The van der Waals surface area contributed by atoms with Gasteiger partial charge in [0, 0.05) is 23.7 Å². The maximum atomic E-state index is 13.8. The van der Waals surface area contributed by atoms with E-state index in [-0.39, 0.29) is 17.6 Å². The van der Waals surface area contributed by atoms with Crippen molar-refractivity contribution in [2.45, 2.75) is 18.6 Å². The summed E-state index contributed by atoms with van der Waals surface area (Å²) in [5.74, 6) is 0.705. The number of phenolic OH excluding ortho intramolecular Hbond substituents is 1. The molecule has 4 nitrogen and oxygen atoms in total. The zero-order valence-corrected chi connectivity index (χ0v) is 15.5. The molecule has 1 aliphatic rings. The van der Waals surface area contributed by atoms with Crippen molar-refractivity contribution >= 4 is 5.71 Å². The largest absolute Gasteiger partial charge is 0.508 e. The Morgan fingerprint density at radius 2 is 1.82 bits per heavy atom. The fourth-order valence-electron chi connectivity index (χ4n) is 3.49. The molecule has 0 unspecified atom stereocenters. The molecule has 1 aliphatic heterocycles. The van der Waals surface area contributed by atoms with Gasteiger partial charge in [0.2, 0.25) is 0 Å². The Balaban J connectivity index is 1.74. The maximum Gasteiger partial charge on any atom is 0.126 e. The third-order valence-corrected chi connectivity index (χ3v) is 4.94. The van der Waals surface area contributed by atoms with Gasteiger partial charge in [-0.1, -0.05) is 30.3 Å². The van der Waals surface area contributed by atoms with E-state index in [1.54, 1.807) is 25.3 Å². The van der Waals surface area contributed by atoms with Crippen LogP contribution in [0.2, 0.25) is 0 Å². The van der Waals surface area contributed by atoms with E-state index in [1.807, 2.05) is 42.5 Å². The van der Waals surface area contributed by atoms with Crippen molar-refractivity contribution in [1.82, 2.24) is 5.32 Å². The van der Waals surface area contributed by atoms with Gasteiger partial charge in [-0.05, 0) is 53.6 Å². The van der Waals surface area contributed by atoms with Gasteiger partial charge < -0.3 is 9.84 Å². The Hall–Kier alpha value is -3.18. The summed E-state index contributed by atoms with van der Waals surface area (Å²) in [5, 5.41) is 13.8. The molecule has 4 rings (SSSR count). The summed E-state index contributed by atoms with van der Waals surface area (Å²) in [6, 6.07) is 21.3. The minimum Gasteiger partial charge on any atom is -0.508 e. The summed E-state index contributed by atoms with van der Waals surface area (Å²) >= 11 is 0. The van der Waals surface area contributed by atoms with Crippen LogP contribution in [0.25, 0.3) is 0 Å². The van der Waals surface area contributed by atoms with Crippen LogP contribution < -0.4 is 10.1 Å². The highest BCUT2D eigenvalue weighted by molar-refractivity contribution is 6.01. The quantitative estimate of drug-likeness (QED) is 0.690. The molecule has 0 fully saturated rings. The van der Waals surface area contributed by atoms with E-state index in [2.05, 4.69) is 5.32 Å². The highest BCUT2D eigenvalue weighted by Gasteiger charge is 2.27. The van der Waals surface area contributed by atoms with Crippen molar-refractivity contribution in [2.24, 2.45) is 4.99 Å². The van der Waals surface area contributed by atoms with Gasteiger partial charge in [-0.3, -0.25) is 10.3 Å². The number of aliphatic imine (C=N–C) groups is 1. The number of nitrogens with one attached hydrogen (secondary N) is 1. The SMILES string of the molecule is COc1ccc(C2=N[C@H](c3cccc(F)c3)N[C@@H](c3ccccc3O)C2)cc1. The average Bonchev–Trinajstić information content (AvgIpc) is 2.74.